The van der Waals surface area contributed by atoms with Gasteiger partial charge in [-0.1, -0.05) is 12.1 Å². The van der Waals surface area contributed by atoms with Gasteiger partial charge in [0.05, 0.1) is 33.0 Å². The maximum absolute atomic E-state index is 6.09. The van der Waals surface area contributed by atoms with E-state index < -0.39 is 0 Å². The lowest BCUT2D eigenvalue weighted by atomic mass is 10.1. The van der Waals surface area contributed by atoms with Crippen LogP contribution in [0.3, 0.4) is 0 Å². The van der Waals surface area contributed by atoms with Crippen LogP contribution in [0.25, 0.3) is 0 Å². The Balaban J connectivity index is 1.77. The third kappa shape index (κ3) is 3.70. The van der Waals surface area contributed by atoms with E-state index in [1.54, 1.807) is 7.11 Å². The monoisotopic (exact) mass is 251 g/mol. The number of benzene rings is 1. The van der Waals surface area contributed by atoms with Gasteiger partial charge in [0.1, 0.15) is 5.75 Å². The summed E-state index contributed by atoms with van der Waals surface area (Å²) in [6.07, 6.45) is 1.09. The largest absolute Gasteiger partial charge is 0.497 e. The number of rotatable bonds is 6. The Morgan fingerprint density at radius 3 is 3.11 bits per heavy atom. The van der Waals surface area contributed by atoms with Crippen molar-refractivity contribution in [3.8, 4) is 5.75 Å². The second-order valence-corrected chi connectivity index (χ2v) is 4.65. The van der Waals surface area contributed by atoms with Crippen molar-refractivity contribution in [2.75, 3.05) is 33.5 Å². The minimum atomic E-state index is -0.109. The van der Waals surface area contributed by atoms with E-state index in [1.807, 2.05) is 24.3 Å². The molecule has 2 unspecified atom stereocenters. The highest BCUT2D eigenvalue weighted by atomic mass is 16.5. The summed E-state index contributed by atoms with van der Waals surface area (Å²) in [5.41, 5.74) is 7.13. The summed E-state index contributed by atoms with van der Waals surface area (Å²) < 4.78 is 16.1. The highest BCUT2D eigenvalue weighted by molar-refractivity contribution is 5.30. The lowest BCUT2D eigenvalue weighted by Crippen LogP contribution is -2.20. The van der Waals surface area contributed by atoms with Crippen LogP contribution >= 0.6 is 0 Å². The summed E-state index contributed by atoms with van der Waals surface area (Å²) in [7, 11) is 1.65. The van der Waals surface area contributed by atoms with Gasteiger partial charge in [-0.3, -0.25) is 0 Å². The smallest absolute Gasteiger partial charge is 0.119 e. The number of hydrogen-bond donors (Lipinski definition) is 1. The predicted octanol–water partition coefficient (Wildman–Crippen LogP) is 1.75. The average Bonchev–Trinajstić information content (AvgIpc) is 2.92. The summed E-state index contributed by atoms with van der Waals surface area (Å²) in [5, 5.41) is 0. The lowest BCUT2D eigenvalue weighted by molar-refractivity contribution is 0.0808. The Labute approximate surface area is 108 Å². The molecule has 2 rings (SSSR count). The van der Waals surface area contributed by atoms with Crippen molar-refractivity contribution in [1.29, 1.82) is 0 Å². The van der Waals surface area contributed by atoms with Crippen LogP contribution in [-0.2, 0) is 9.47 Å². The first-order chi connectivity index (χ1) is 8.79. The Morgan fingerprint density at radius 1 is 1.50 bits per heavy atom. The minimum Gasteiger partial charge on any atom is -0.497 e. The minimum absolute atomic E-state index is 0.109. The fourth-order valence-electron chi connectivity index (χ4n) is 2.04. The van der Waals surface area contributed by atoms with Crippen molar-refractivity contribution in [3.63, 3.8) is 0 Å². The van der Waals surface area contributed by atoms with Gasteiger partial charge in [-0.05, 0) is 24.1 Å². The Morgan fingerprint density at radius 2 is 2.39 bits per heavy atom. The first-order valence-corrected chi connectivity index (χ1v) is 6.34. The Bertz CT molecular complexity index is 364. The van der Waals surface area contributed by atoms with Crippen LogP contribution in [0.4, 0.5) is 0 Å². The van der Waals surface area contributed by atoms with Gasteiger partial charge in [-0.2, -0.15) is 0 Å². The van der Waals surface area contributed by atoms with Gasteiger partial charge in [0.25, 0.3) is 0 Å². The molecule has 2 N–H and O–H groups in total. The molecule has 1 aromatic rings. The van der Waals surface area contributed by atoms with Crippen LogP contribution in [0.1, 0.15) is 18.0 Å². The number of nitrogens with two attached hydrogens (primary N) is 1. The molecule has 0 saturated carbocycles. The molecule has 0 bridgehead atoms. The van der Waals surface area contributed by atoms with Gasteiger partial charge >= 0.3 is 0 Å². The van der Waals surface area contributed by atoms with Gasteiger partial charge in [-0.15, -0.1) is 0 Å². The molecular weight excluding hydrogens is 230 g/mol. The lowest BCUT2D eigenvalue weighted by Gasteiger charge is -2.15. The van der Waals surface area contributed by atoms with E-state index >= 15 is 0 Å². The fourth-order valence-corrected chi connectivity index (χ4v) is 2.04. The van der Waals surface area contributed by atoms with Crippen molar-refractivity contribution in [1.82, 2.24) is 0 Å². The third-order valence-corrected chi connectivity index (χ3v) is 3.20. The van der Waals surface area contributed by atoms with E-state index in [-0.39, 0.29) is 6.04 Å². The molecular formula is C14H21NO3. The molecule has 0 aromatic heterocycles. The van der Waals surface area contributed by atoms with Crippen molar-refractivity contribution >= 4 is 0 Å². The Kier molecular flexibility index (Phi) is 4.99. The molecule has 0 amide bonds. The summed E-state index contributed by atoms with van der Waals surface area (Å²) in [6.45, 7) is 2.94. The maximum Gasteiger partial charge on any atom is 0.119 e. The molecule has 18 heavy (non-hydrogen) atoms. The van der Waals surface area contributed by atoms with Gasteiger partial charge < -0.3 is 19.9 Å². The van der Waals surface area contributed by atoms with Crippen LogP contribution in [0.5, 0.6) is 5.75 Å². The van der Waals surface area contributed by atoms with Gasteiger partial charge in [0.2, 0.25) is 0 Å². The zero-order valence-corrected chi connectivity index (χ0v) is 10.8. The molecule has 4 nitrogen and oxygen atoms in total. The number of methoxy groups -OCH3 is 1. The molecule has 4 heteroatoms. The van der Waals surface area contributed by atoms with E-state index in [0.717, 1.165) is 37.6 Å². The summed E-state index contributed by atoms with van der Waals surface area (Å²) in [5.74, 6) is 1.36. The summed E-state index contributed by atoms with van der Waals surface area (Å²) >= 11 is 0. The van der Waals surface area contributed by atoms with Crippen LogP contribution in [0, 0.1) is 5.92 Å². The maximum atomic E-state index is 6.09. The first kappa shape index (κ1) is 13.3. The molecule has 2 atom stereocenters. The molecule has 1 aliphatic heterocycles. The second-order valence-electron chi connectivity index (χ2n) is 4.65. The van der Waals surface area contributed by atoms with Crippen molar-refractivity contribution in [2.24, 2.45) is 11.7 Å². The Hall–Kier alpha value is -1.10. The molecule has 1 saturated heterocycles. The summed E-state index contributed by atoms with van der Waals surface area (Å²) in [6, 6.07) is 7.69. The summed E-state index contributed by atoms with van der Waals surface area (Å²) in [4.78, 5) is 0. The van der Waals surface area contributed by atoms with Gasteiger partial charge in [0.15, 0.2) is 0 Å². The number of hydrogen-bond acceptors (Lipinski definition) is 4. The van der Waals surface area contributed by atoms with Crippen LogP contribution in [0.2, 0.25) is 0 Å². The van der Waals surface area contributed by atoms with E-state index in [2.05, 4.69) is 0 Å². The first-order valence-electron chi connectivity index (χ1n) is 6.34. The topological polar surface area (TPSA) is 53.7 Å². The van der Waals surface area contributed by atoms with Gasteiger partial charge in [-0.25, -0.2) is 0 Å². The zero-order chi connectivity index (χ0) is 12.8. The van der Waals surface area contributed by atoms with Crippen LogP contribution in [0.15, 0.2) is 24.3 Å². The van der Waals surface area contributed by atoms with E-state index in [4.69, 9.17) is 19.9 Å². The normalized spacial score (nSPS) is 20.9. The highest BCUT2D eigenvalue weighted by Crippen LogP contribution is 2.18. The second kappa shape index (κ2) is 6.73. The molecule has 0 radical (unpaired) electrons. The van der Waals surface area contributed by atoms with Gasteiger partial charge in [0, 0.05) is 12.5 Å². The molecule has 100 valence electrons. The fraction of sp³-hybridized carbons (Fsp3) is 0.571. The zero-order valence-electron chi connectivity index (χ0n) is 10.8. The predicted molar refractivity (Wildman–Crippen MR) is 69.7 cm³/mol. The quantitative estimate of drug-likeness (QED) is 0.837. The van der Waals surface area contributed by atoms with E-state index in [0.29, 0.717) is 12.5 Å². The van der Waals surface area contributed by atoms with E-state index in [1.165, 1.54) is 0 Å². The SMILES string of the molecule is COc1cccc(C(N)COCC2CCOC2)c1. The molecule has 1 aromatic carbocycles. The van der Waals surface area contributed by atoms with Crippen molar-refractivity contribution < 1.29 is 14.2 Å². The van der Waals surface area contributed by atoms with E-state index in [9.17, 15) is 0 Å². The van der Waals surface area contributed by atoms with Crippen LogP contribution < -0.4 is 10.5 Å². The molecule has 0 spiro atoms. The molecule has 0 aliphatic carbocycles. The third-order valence-electron chi connectivity index (χ3n) is 3.20. The van der Waals surface area contributed by atoms with Crippen LogP contribution in [-0.4, -0.2) is 33.5 Å². The van der Waals surface area contributed by atoms with Crippen molar-refractivity contribution in [2.45, 2.75) is 12.5 Å². The standard InChI is InChI=1S/C14H21NO3/c1-16-13-4-2-3-12(7-13)14(15)10-18-9-11-5-6-17-8-11/h2-4,7,11,14H,5-6,8-10,15H2,1H3. The average molecular weight is 251 g/mol. The molecule has 1 aliphatic rings. The molecule has 1 fully saturated rings. The van der Waals surface area contributed by atoms with Crippen molar-refractivity contribution in [3.05, 3.63) is 29.8 Å². The molecule has 1 heterocycles. The number of ether oxygens (including phenoxy) is 3. The highest BCUT2D eigenvalue weighted by Gasteiger charge is 2.16.